The maximum atomic E-state index is 12.4. The highest BCUT2D eigenvalue weighted by Crippen LogP contribution is 2.37. The van der Waals surface area contributed by atoms with Crippen molar-refractivity contribution in [2.45, 2.75) is 26.2 Å². The van der Waals surface area contributed by atoms with E-state index in [4.69, 9.17) is 18.9 Å². The van der Waals surface area contributed by atoms with E-state index >= 15 is 0 Å². The summed E-state index contributed by atoms with van der Waals surface area (Å²) in [6, 6.07) is 3.09. The predicted molar refractivity (Wildman–Crippen MR) is 108 cm³/mol. The lowest BCUT2D eigenvalue weighted by Crippen LogP contribution is -2.42. The van der Waals surface area contributed by atoms with E-state index in [1.807, 2.05) is 6.92 Å². The van der Waals surface area contributed by atoms with Gasteiger partial charge in [-0.15, -0.1) is 0 Å². The van der Waals surface area contributed by atoms with Crippen molar-refractivity contribution in [3.05, 3.63) is 22.2 Å². The number of esters is 2. The fraction of sp³-hybridized carbons (Fsp3) is 0.550. The van der Waals surface area contributed by atoms with E-state index < -0.39 is 5.97 Å². The number of likely N-dealkylation sites (tertiary alicyclic amines) is 1. The van der Waals surface area contributed by atoms with Gasteiger partial charge in [0.25, 0.3) is 5.91 Å². The molecule has 9 heteroatoms. The topological polar surface area (TPSA) is 91.4 Å². The molecule has 1 saturated heterocycles. The van der Waals surface area contributed by atoms with Gasteiger partial charge >= 0.3 is 11.9 Å². The van der Waals surface area contributed by atoms with Crippen LogP contribution in [0.4, 0.5) is 0 Å². The van der Waals surface area contributed by atoms with Crippen molar-refractivity contribution < 1.29 is 33.3 Å². The Kier molecular flexibility index (Phi) is 8.75. The standard InChI is InChI=1S/C20H26BrNO7/c1-4-9-28-18-15(21)10-14(11-16(18)26-2)20(25)29-12-17(23)22-7-5-13(6-8-22)19(24)27-3/h10-11,13H,4-9,12H2,1-3H3. The number of methoxy groups -OCH3 is 2. The fourth-order valence-electron chi connectivity index (χ4n) is 3.02. The Balaban J connectivity index is 1.93. The minimum atomic E-state index is -0.635. The van der Waals surface area contributed by atoms with Gasteiger partial charge in [0.05, 0.1) is 36.8 Å². The number of amides is 1. The van der Waals surface area contributed by atoms with Gasteiger partial charge in [0.1, 0.15) is 0 Å². The summed E-state index contributed by atoms with van der Waals surface area (Å²) in [7, 11) is 2.84. The normalized spacial score (nSPS) is 14.3. The van der Waals surface area contributed by atoms with Gasteiger partial charge in [-0.1, -0.05) is 6.92 Å². The number of piperidine rings is 1. The van der Waals surface area contributed by atoms with Crippen LogP contribution in [0.3, 0.4) is 0 Å². The summed E-state index contributed by atoms with van der Waals surface area (Å²) in [5.74, 6) is -0.467. The minimum absolute atomic E-state index is 0.190. The first kappa shape index (κ1) is 23.0. The summed E-state index contributed by atoms with van der Waals surface area (Å²) in [4.78, 5) is 37.9. The van der Waals surface area contributed by atoms with Crippen LogP contribution in [0, 0.1) is 5.92 Å². The van der Waals surface area contributed by atoms with E-state index in [9.17, 15) is 14.4 Å². The molecular formula is C20H26BrNO7. The molecule has 1 aromatic carbocycles. The number of halogens is 1. The van der Waals surface area contributed by atoms with E-state index in [2.05, 4.69) is 15.9 Å². The number of rotatable bonds is 8. The molecule has 29 heavy (non-hydrogen) atoms. The summed E-state index contributed by atoms with van der Waals surface area (Å²) in [6.45, 7) is 2.99. The molecule has 1 aliphatic heterocycles. The van der Waals surface area contributed by atoms with Gasteiger partial charge in [-0.05, 0) is 47.3 Å². The third kappa shape index (κ3) is 6.09. The molecule has 0 unspecified atom stereocenters. The zero-order valence-electron chi connectivity index (χ0n) is 16.9. The monoisotopic (exact) mass is 471 g/mol. The summed E-state index contributed by atoms with van der Waals surface area (Å²) >= 11 is 3.38. The molecule has 0 aliphatic carbocycles. The average molecular weight is 472 g/mol. The van der Waals surface area contributed by atoms with Crippen LogP contribution in [0.2, 0.25) is 0 Å². The number of hydrogen-bond acceptors (Lipinski definition) is 7. The predicted octanol–water partition coefficient (Wildman–Crippen LogP) is 2.81. The van der Waals surface area contributed by atoms with Crippen molar-refractivity contribution in [1.82, 2.24) is 4.90 Å². The van der Waals surface area contributed by atoms with Crippen LogP contribution < -0.4 is 9.47 Å². The molecule has 0 N–H and O–H groups in total. The minimum Gasteiger partial charge on any atom is -0.493 e. The van der Waals surface area contributed by atoms with Gasteiger partial charge in [-0.25, -0.2) is 4.79 Å². The highest BCUT2D eigenvalue weighted by atomic mass is 79.9. The third-order valence-corrected chi connectivity index (χ3v) is 5.21. The van der Waals surface area contributed by atoms with Crippen LogP contribution in [0.1, 0.15) is 36.5 Å². The molecule has 1 aromatic rings. The molecule has 2 rings (SSSR count). The van der Waals surface area contributed by atoms with E-state index in [0.717, 1.165) is 6.42 Å². The van der Waals surface area contributed by atoms with Gasteiger partial charge in [-0.3, -0.25) is 9.59 Å². The molecule has 1 heterocycles. The Morgan fingerprint density at radius 2 is 1.86 bits per heavy atom. The zero-order valence-corrected chi connectivity index (χ0v) is 18.5. The van der Waals surface area contributed by atoms with E-state index in [-0.39, 0.29) is 30.0 Å². The number of nitrogens with zero attached hydrogens (tertiary/aromatic N) is 1. The lowest BCUT2D eigenvalue weighted by atomic mass is 9.97. The van der Waals surface area contributed by atoms with Gasteiger partial charge in [0, 0.05) is 13.1 Å². The molecule has 0 spiro atoms. The smallest absolute Gasteiger partial charge is 0.338 e. The van der Waals surface area contributed by atoms with Crippen LogP contribution in [-0.4, -0.2) is 63.3 Å². The summed E-state index contributed by atoms with van der Waals surface area (Å²) in [6.07, 6.45) is 1.91. The maximum absolute atomic E-state index is 12.4. The van der Waals surface area contributed by atoms with Crippen LogP contribution in [-0.2, 0) is 19.1 Å². The Bertz CT molecular complexity index is 745. The van der Waals surface area contributed by atoms with Crippen molar-refractivity contribution in [2.75, 3.05) is 40.5 Å². The number of ether oxygens (including phenoxy) is 4. The molecule has 0 saturated carbocycles. The molecule has 1 fully saturated rings. The average Bonchev–Trinajstić information content (AvgIpc) is 2.75. The summed E-state index contributed by atoms with van der Waals surface area (Å²) in [5.41, 5.74) is 0.245. The van der Waals surface area contributed by atoms with Gasteiger partial charge in [0.15, 0.2) is 18.1 Å². The van der Waals surface area contributed by atoms with E-state index in [0.29, 0.717) is 48.5 Å². The second-order valence-electron chi connectivity index (χ2n) is 6.59. The summed E-state index contributed by atoms with van der Waals surface area (Å²) in [5, 5.41) is 0. The highest BCUT2D eigenvalue weighted by Gasteiger charge is 2.28. The SMILES string of the molecule is CCCOc1c(Br)cc(C(=O)OCC(=O)N2CCC(C(=O)OC)CC2)cc1OC. The highest BCUT2D eigenvalue weighted by molar-refractivity contribution is 9.10. The van der Waals surface area contributed by atoms with Crippen molar-refractivity contribution in [3.63, 3.8) is 0 Å². The Morgan fingerprint density at radius 3 is 2.45 bits per heavy atom. The lowest BCUT2D eigenvalue weighted by molar-refractivity contribution is -0.149. The first-order chi connectivity index (χ1) is 13.9. The van der Waals surface area contributed by atoms with Crippen LogP contribution >= 0.6 is 15.9 Å². The van der Waals surface area contributed by atoms with Gasteiger partial charge < -0.3 is 23.8 Å². The molecule has 160 valence electrons. The molecule has 8 nitrogen and oxygen atoms in total. The molecule has 1 aliphatic rings. The van der Waals surface area contributed by atoms with Gasteiger partial charge in [0.2, 0.25) is 0 Å². The zero-order chi connectivity index (χ0) is 21.4. The quantitative estimate of drug-likeness (QED) is 0.538. The van der Waals surface area contributed by atoms with Crippen molar-refractivity contribution >= 4 is 33.8 Å². The van der Waals surface area contributed by atoms with Crippen LogP contribution in [0.25, 0.3) is 0 Å². The molecule has 1 amide bonds. The largest absolute Gasteiger partial charge is 0.493 e. The van der Waals surface area contributed by atoms with Crippen LogP contribution in [0.15, 0.2) is 16.6 Å². The molecule has 0 atom stereocenters. The Morgan fingerprint density at radius 1 is 1.17 bits per heavy atom. The van der Waals surface area contributed by atoms with Crippen LogP contribution in [0.5, 0.6) is 11.5 Å². The van der Waals surface area contributed by atoms with E-state index in [1.54, 1.807) is 11.0 Å². The van der Waals surface area contributed by atoms with Crippen molar-refractivity contribution in [2.24, 2.45) is 5.92 Å². The van der Waals surface area contributed by atoms with E-state index in [1.165, 1.54) is 20.3 Å². The number of benzene rings is 1. The fourth-order valence-corrected chi connectivity index (χ4v) is 3.57. The number of carbonyl (C=O) groups excluding carboxylic acids is 3. The Labute approximate surface area is 178 Å². The summed E-state index contributed by atoms with van der Waals surface area (Å²) < 4.78 is 21.4. The third-order valence-electron chi connectivity index (χ3n) is 4.62. The molecule has 0 aromatic heterocycles. The van der Waals surface area contributed by atoms with Crippen molar-refractivity contribution in [1.29, 1.82) is 0 Å². The second kappa shape index (κ2) is 11.0. The lowest BCUT2D eigenvalue weighted by Gasteiger charge is -2.30. The van der Waals surface area contributed by atoms with Crippen molar-refractivity contribution in [3.8, 4) is 11.5 Å². The van der Waals surface area contributed by atoms with Gasteiger partial charge in [-0.2, -0.15) is 0 Å². The molecular weight excluding hydrogens is 446 g/mol. The Hall–Kier alpha value is -2.29. The molecule has 0 radical (unpaired) electrons. The first-order valence-corrected chi connectivity index (χ1v) is 10.2. The molecule has 0 bridgehead atoms. The second-order valence-corrected chi connectivity index (χ2v) is 7.45. The number of hydrogen-bond donors (Lipinski definition) is 0. The first-order valence-electron chi connectivity index (χ1n) is 9.44. The maximum Gasteiger partial charge on any atom is 0.338 e. The number of carbonyl (C=O) groups is 3.